The van der Waals surface area contributed by atoms with E-state index in [9.17, 15) is 4.79 Å². The minimum Gasteiger partial charge on any atom is -0.673 e. The molecule has 0 aromatic carbocycles. The van der Waals surface area contributed by atoms with Crippen molar-refractivity contribution < 1.29 is 58.3 Å². The van der Waals surface area contributed by atoms with Crippen molar-refractivity contribution in [2.75, 3.05) is 20.3 Å². The molecule has 2 unspecified atom stereocenters. The summed E-state index contributed by atoms with van der Waals surface area (Å²) in [6.45, 7) is 8.66. The monoisotopic (exact) mass is 512 g/mol. The van der Waals surface area contributed by atoms with Gasteiger partial charge >= 0.3 is 0 Å². The fraction of sp³-hybridized carbons (Fsp3) is 0.933. The first-order valence-corrected chi connectivity index (χ1v) is 7.59. The Labute approximate surface area is 164 Å². The van der Waals surface area contributed by atoms with Crippen LogP contribution in [0.25, 0.3) is 5.73 Å². The van der Waals surface area contributed by atoms with Gasteiger partial charge in [0.05, 0.1) is 12.6 Å². The first-order valence-electron chi connectivity index (χ1n) is 7.59. The van der Waals surface area contributed by atoms with Crippen molar-refractivity contribution >= 4 is 5.78 Å². The van der Waals surface area contributed by atoms with Crippen LogP contribution in [0.1, 0.15) is 40.5 Å². The summed E-state index contributed by atoms with van der Waals surface area (Å²) in [5, 5.41) is 0. The number of nitrogens with one attached hydrogen (secondary N) is 1. The molecule has 5 nitrogen and oxygen atoms in total. The van der Waals surface area contributed by atoms with Gasteiger partial charge in [-0.15, -0.1) is 6.04 Å². The van der Waals surface area contributed by atoms with Gasteiger partial charge in [-0.1, -0.05) is 13.3 Å². The molecule has 0 aliphatic carbocycles. The molecule has 0 saturated carbocycles. The second-order valence-corrected chi connectivity index (χ2v) is 5.65. The van der Waals surface area contributed by atoms with Crippen LogP contribution in [0.2, 0.25) is 0 Å². The molecule has 121 valence electrons. The van der Waals surface area contributed by atoms with Crippen molar-refractivity contribution in [1.82, 2.24) is 4.90 Å². The Hall–Kier alpha value is 0.952. The minimum absolute atomic E-state index is 0. The summed E-state index contributed by atoms with van der Waals surface area (Å²) < 4.78 is 11.1. The minimum atomic E-state index is -0.229. The number of nitrogens with zero attached hydrogens (tertiary/aromatic N) is 1. The number of likely N-dealkylation sites (N-methyl/N-ethyl adjacent to an activating group) is 1. The van der Waals surface area contributed by atoms with E-state index >= 15 is 0 Å². The van der Waals surface area contributed by atoms with Gasteiger partial charge in [-0.3, -0.25) is 9.69 Å². The molecular weight excluding hydrogens is 483 g/mol. The number of hydrogen-bond acceptors (Lipinski definition) is 4. The van der Waals surface area contributed by atoms with Gasteiger partial charge in [-0.2, -0.15) is 0 Å². The number of carbonyl (C=O) groups excluding carboxylic acids is 1. The first kappa shape index (κ1) is 22.0. The van der Waals surface area contributed by atoms with Crippen LogP contribution in [-0.4, -0.2) is 55.4 Å². The Kier molecular flexibility index (Phi) is 11.2. The van der Waals surface area contributed by atoms with Gasteiger partial charge in [0.1, 0.15) is 5.78 Å². The van der Waals surface area contributed by atoms with E-state index in [2.05, 4.69) is 4.90 Å². The molecule has 0 spiro atoms. The van der Waals surface area contributed by atoms with Gasteiger partial charge in [-0.25, -0.2) is 0 Å². The molecule has 5 atom stereocenters. The molecule has 1 rings (SSSR count). The van der Waals surface area contributed by atoms with E-state index in [-0.39, 0.29) is 80.2 Å². The summed E-state index contributed by atoms with van der Waals surface area (Å²) in [6.07, 6.45) is 1.34. The molecule has 1 heterocycles. The number of ketones is 1. The maximum absolute atomic E-state index is 11.7. The van der Waals surface area contributed by atoms with Crippen molar-refractivity contribution in [3.8, 4) is 0 Å². The molecule has 0 amide bonds. The largest absolute Gasteiger partial charge is 0.673 e. The Morgan fingerprint density at radius 3 is 2.48 bits per heavy atom. The predicted octanol–water partition coefficient (Wildman–Crippen LogP) is 2.49. The van der Waals surface area contributed by atoms with E-state index in [0.717, 1.165) is 12.8 Å². The number of carbonyl (C=O) groups is 1. The third kappa shape index (κ3) is 6.16. The van der Waals surface area contributed by atoms with Crippen LogP contribution in [0.3, 0.4) is 0 Å². The van der Waals surface area contributed by atoms with E-state index in [4.69, 9.17) is 15.2 Å². The molecule has 0 aromatic heterocycles. The number of ether oxygens (including phenoxy) is 2. The predicted molar refractivity (Wildman–Crippen MR) is 79.6 cm³/mol. The van der Waals surface area contributed by atoms with Crippen molar-refractivity contribution in [1.29, 1.82) is 0 Å². The van der Waals surface area contributed by atoms with Crippen LogP contribution in [0.4, 0.5) is 0 Å². The van der Waals surface area contributed by atoms with Crippen molar-refractivity contribution in [3.63, 3.8) is 0 Å². The first-order chi connectivity index (χ1) is 9.42. The average Bonchev–Trinajstić information content (AvgIpc) is 2.73. The molecule has 1 radical (unpaired) electrons. The smallest absolute Gasteiger partial charge is 0.154 e. The zero-order valence-electron chi connectivity index (χ0n) is 14.0. The summed E-state index contributed by atoms with van der Waals surface area (Å²) in [7, 11) is 1.96. The molecule has 1 aliphatic heterocycles. The zero-order chi connectivity index (χ0) is 15.3. The topological polar surface area (TPSA) is 62.6 Å². The summed E-state index contributed by atoms with van der Waals surface area (Å²) in [4.78, 5) is 13.8. The van der Waals surface area contributed by atoms with Gasteiger partial charge in [-0.05, 0) is 46.2 Å². The molecule has 1 fully saturated rings. The Bertz CT molecular complexity index is 317. The van der Waals surface area contributed by atoms with E-state index in [1.165, 1.54) is 0 Å². The number of rotatable bonds is 8. The standard InChI is InChI=1S/C15H29N2O3.Ac/c1-6-13(16)15-12(9-20-11(4)19-7-2)8-14(10(3)18)17(15)5;/h11-16H,6-9H2,1-5H3;/q-1;/t11?,12-,13?,14+,15+;/m0./s1. The summed E-state index contributed by atoms with van der Waals surface area (Å²) in [5.74, 6) is 0.403. The second kappa shape index (κ2) is 10.7. The number of hydrogen-bond donors (Lipinski definition) is 0. The van der Waals surface area contributed by atoms with Crippen LogP contribution in [0, 0.1) is 50.0 Å². The van der Waals surface area contributed by atoms with Gasteiger partial charge in [0, 0.05) is 50.7 Å². The van der Waals surface area contributed by atoms with Crippen LogP contribution < -0.4 is 0 Å². The summed E-state index contributed by atoms with van der Waals surface area (Å²) in [6, 6.07) is -0.168. The molecule has 0 aromatic rings. The Balaban J connectivity index is 0.00000400. The van der Waals surface area contributed by atoms with Crippen molar-refractivity contribution in [2.45, 2.75) is 65.0 Å². The molecular formula is C15H29AcN2O3-. The van der Waals surface area contributed by atoms with Crippen LogP contribution >= 0.6 is 0 Å². The molecule has 0 bridgehead atoms. The number of Topliss-reactive ketones (excluding diaryl/α,β-unsaturated/α-hetero) is 1. The quantitative estimate of drug-likeness (QED) is 0.469. The second-order valence-electron chi connectivity index (χ2n) is 5.65. The maximum atomic E-state index is 11.7. The average molecular weight is 512 g/mol. The van der Waals surface area contributed by atoms with E-state index in [0.29, 0.717) is 13.2 Å². The Morgan fingerprint density at radius 1 is 1.38 bits per heavy atom. The van der Waals surface area contributed by atoms with E-state index in [1.54, 1.807) is 6.92 Å². The van der Waals surface area contributed by atoms with Crippen molar-refractivity contribution in [3.05, 3.63) is 5.73 Å². The fourth-order valence-corrected chi connectivity index (χ4v) is 3.15. The van der Waals surface area contributed by atoms with Gasteiger partial charge in [0.25, 0.3) is 0 Å². The molecule has 1 aliphatic rings. The summed E-state index contributed by atoms with van der Waals surface area (Å²) >= 11 is 0. The maximum Gasteiger partial charge on any atom is 0.154 e. The van der Waals surface area contributed by atoms with Crippen molar-refractivity contribution in [2.24, 2.45) is 5.92 Å². The Morgan fingerprint density at radius 2 is 2.00 bits per heavy atom. The van der Waals surface area contributed by atoms with Crippen LogP contribution in [-0.2, 0) is 14.3 Å². The third-order valence-corrected chi connectivity index (χ3v) is 4.24. The molecule has 1 saturated heterocycles. The molecule has 21 heavy (non-hydrogen) atoms. The normalized spacial score (nSPS) is 29.0. The van der Waals surface area contributed by atoms with E-state index < -0.39 is 0 Å². The SMILES string of the molecule is CCOC(C)OC[C@@H]1C[C@H](C(C)=O)N(C)[C@H]1C([NH-])CC.[Ac]. The number of likely N-dealkylation sites (tertiary alicyclic amines) is 1. The molecule has 6 heteroatoms. The zero-order valence-corrected chi connectivity index (χ0v) is 18.7. The fourth-order valence-electron chi connectivity index (χ4n) is 3.15. The van der Waals surface area contributed by atoms with E-state index in [1.807, 2.05) is 27.8 Å². The molecule has 1 N–H and O–H groups in total. The third-order valence-electron chi connectivity index (χ3n) is 4.24. The van der Waals surface area contributed by atoms with Gasteiger partial charge in [0.15, 0.2) is 6.29 Å². The van der Waals surface area contributed by atoms with Crippen LogP contribution in [0.5, 0.6) is 0 Å². The van der Waals surface area contributed by atoms with Crippen LogP contribution in [0.15, 0.2) is 0 Å². The summed E-state index contributed by atoms with van der Waals surface area (Å²) in [5.41, 5.74) is 8.24. The van der Waals surface area contributed by atoms with Gasteiger partial charge in [0.2, 0.25) is 0 Å². The van der Waals surface area contributed by atoms with Gasteiger partial charge < -0.3 is 15.2 Å².